The highest BCUT2D eigenvalue weighted by Crippen LogP contribution is 2.34. The predicted molar refractivity (Wildman–Crippen MR) is 89.2 cm³/mol. The normalized spacial score (nSPS) is 13.7. The molecule has 2 aromatic rings. The molecule has 2 N–H and O–H groups in total. The van der Waals surface area contributed by atoms with Gasteiger partial charge in [-0.2, -0.15) is 0 Å². The van der Waals surface area contributed by atoms with Crippen molar-refractivity contribution in [1.29, 1.82) is 0 Å². The fourth-order valence-electron chi connectivity index (χ4n) is 2.11. The van der Waals surface area contributed by atoms with Gasteiger partial charge in [0, 0.05) is 28.1 Å². The number of hydrogen-bond acceptors (Lipinski definition) is 4. The molecule has 6 heteroatoms. The lowest BCUT2D eigenvalue weighted by molar-refractivity contribution is 0.528. The summed E-state index contributed by atoms with van der Waals surface area (Å²) in [4.78, 5) is 1.29. The monoisotopic (exact) mass is 326 g/mol. The topological polar surface area (TPSA) is 58.2 Å². The molecule has 0 saturated heterocycles. The fourth-order valence-corrected chi connectivity index (χ4v) is 5.23. The van der Waals surface area contributed by atoms with Crippen LogP contribution in [-0.2, 0) is 16.6 Å². The zero-order valence-corrected chi connectivity index (χ0v) is 14.3. The van der Waals surface area contributed by atoms with Gasteiger partial charge < -0.3 is 5.32 Å². The van der Waals surface area contributed by atoms with E-state index in [-0.39, 0.29) is 0 Å². The van der Waals surface area contributed by atoms with Gasteiger partial charge in [-0.25, -0.2) is 13.1 Å². The van der Waals surface area contributed by atoms with Gasteiger partial charge in [-0.05, 0) is 19.0 Å². The minimum atomic E-state index is -3.48. The van der Waals surface area contributed by atoms with Gasteiger partial charge in [-0.3, -0.25) is 0 Å². The number of rotatable bonds is 7. The molecule has 1 unspecified atom stereocenters. The van der Waals surface area contributed by atoms with Crippen LogP contribution in [0.5, 0.6) is 0 Å². The third kappa shape index (κ3) is 3.63. The Kier molecular flexibility index (Phi) is 5.37. The Labute approximate surface area is 130 Å². The van der Waals surface area contributed by atoms with Crippen molar-refractivity contribution in [3.8, 4) is 0 Å². The van der Waals surface area contributed by atoms with E-state index in [9.17, 15) is 8.42 Å². The van der Waals surface area contributed by atoms with Gasteiger partial charge in [0.05, 0.1) is 0 Å². The van der Waals surface area contributed by atoms with Gasteiger partial charge in [0.2, 0.25) is 10.0 Å². The summed E-state index contributed by atoms with van der Waals surface area (Å²) in [6, 6.07) is 7.66. The van der Waals surface area contributed by atoms with Crippen molar-refractivity contribution in [2.75, 3.05) is 13.6 Å². The zero-order valence-electron chi connectivity index (χ0n) is 12.6. The molecule has 0 aliphatic heterocycles. The first-order chi connectivity index (χ1) is 9.99. The molecule has 1 aromatic carbocycles. The van der Waals surface area contributed by atoms with Crippen LogP contribution in [0.1, 0.15) is 25.1 Å². The van der Waals surface area contributed by atoms with E-state index in [4.69, 9.17) is 0 Å². The van der Waals surface area contributed by atoms with Crippen molar-refractivity contribution in [3.63, 3.8) is 0 Å². The fraction of sp³-hybridized carbons (Fsp3) is 0.467. The molecule has 0 saturated carbocycles. The van der Waals surface area contributed by atoms with Gasteiger partial charge in [0.25, 0.3) is 0 Å². The van der Waals surface area contributed by atoms with E-state index in [0.29, 0.717) is 23.9 Å². The average molecular weight is 326 g/mol. The van der Waals surface area contributed by atoms with Crippen LogP contribution in [0.25, 0.3) is 10.1 Å². The van der Waals surface area contributed by atoms with Crippen LogP contribution < -0.4 is 10.0 Å². The quantitative estimate of drug-likeness (QED) is 0.822. The highest BCUT2D eigenvalue weighted by atomic mass is 32.2. The third-order valence-corrected chi connectivity index (χ3v) is 6.39. The SMILES string of the molecule is CCC(C)CNS(=O)(=O)c1c(CNC)sc2ccccc12. The molecule has 0 amide bonds. The number of hydrogen-bond donors (Lipinski definition) is 2. The van der Waals surface area contributed by atoms with E-state index in [1.165, 1.54) is 11.3 Å². The van der Waals surface area contributed by atoms with Crippen molar-refractivity contribution in [3.05, 3.63) is 29.1 Å². The van der Waals surface area contributed by atoms with Crippen molar-refractivity contribution in [1.82, 2.24) is 10.0 Å². The predicted octanol–water partition coefficient (Wildman–Crippen LogP) is 2.95. The van der Waals surface area contributed by atoms with Crippen molar-refractivity contribution >= 4 is 31.4 Å². The summed E-state index contributed by atoms with van der Waals surface area (Å²) >= 11 is 1.53. The summed E-state index contributed by atoms with van der Waals surface area (Å²) in [7, 11) is -1.65. The summed E-state index contributed by atoms with van der Waals surface area (Å²) < 4.78 is 29.1. The maximum absolute atomic E-state index is 12.7. The van der Waals surface area contributed by atoms with Gasteiger partial charge >= 0.3 is 0 Å². The number of fused-ring (bicyclic) bond motifs is 1. The van der Waals surface area contributed by atoms with Crippen LogP contribution in [0.4, 0.5) is 0 Å². The molecule has 0 aliphatic carbocycles. The van der Waals surface area contributed by atoms with E-state index in [0.717, 1.165) is 21.4 Å². The standard InChI is InChI=1S/C15H22N2O2S2/c1-4-11(2)9-17-21(18,19)15-12-7-5-6-8-13(12)20-14(15)10-16-3/h5-8,11,16-17H,4,9-10H2,1-3H3. The lowest BCUT2D eigenvalue weighted by atomic mass is 10.1. The smallest absolute Gasteiger partial charge is 0.242 e. The Hall–Kier alpha value is -0.950. The van der Waals surface area contributed by atoms with E-state index in [1.807, 2.05) is 38.2 Å². The lowest BCUT2D eigenvalue weighted by Gasteiger charge is -2.12. The molecular formula is C15H22N2O2S2. The maximum atomic E-state index is 12.7. The van der Waals surface area contributed by atoms with E-state index in [2.05, 4.69) is 17.0 Å². The molecule has 0 radical (unpaired) electrons. The Morgan fingerprint density at radius 2 is 2.00 bits per heavy atom. The van der Waals surface area contributed by atoms with Crippen LogP contribution in [0.15, 0.2) is 29.2 Å². The Balaban J connectivity index is 2.45. The van der Waals surface area contributed by atoms with Crippen LogP contribution in [-0.4, -0.2) is 22.0 Å². The summed E-state index contributed by atoms with van der Waals surface area (Å²) in [6.45, 7) is 5.13. The summed E-state index contributed by atoms with van der Waals surface area (Å²) in [5, 5.41) is 3.86. The molecule has 21 heavy (non-hydrogen) atoms. The number of nitrogens with one attached hydrogen (secondary N) is 2. The summed E-state index contributed by atoms with van der Waals surface area (Å²) in [5.74, 6) is 0.331. The van der Waals surface area contributed by atoms with Gasteiger partial charge in [0.1, 0.15) is 4.90 Å². The lowest BCUT2D eigenvalue weighted by Crippen LogP contribution is -2.29. The molecule has 0 spiro atoms. The summed E-state index contributed by atoms with van der Waals surface area (Å²) in [5.41, 5.74) is 0. The van der Waals surface area contributed by atoms with Gasteiger partial charge in [0.15, 0.2) is 0 Å². The van der Waals surface area contributed by atoms with Crippen molar-refractivity contribution in [2.24, 2.45) is 5.92 Å². The molecule has 0 bridgehead atoms. The van der Waals surface area contributed by atoms with Gasteiger partial charge in [-0.1, -0.05) is 38.5 Å². The molecule has 2 rings (SSSR count). The average Bonchev–Trinajstić information content (AvgIpc) is 2.84. The number of sulfonamides is 1. The number of benzene rings is 1. The molecule has 116 valence electrons. The van der Waals surface area contributed by atoms with Crippen LogP contribution in [0, 0.1) is 5.92 Å². The van der Waals surface area contributed by atoms with Gasteiger partial charge in [-0.15, -0.1) is 11.3 Å². The zero-order chi connectivity index (χ0) is 15.5. The highest BCUT2D eigenvalue weighted by molar-refractivity contribution is 7.90. The number of thiophene rings is 1. The second-order valence-corrected chi connectivity index (χ2v) is 8.09. The molecule has 1 heterocycles. The molecule has 1 atom stereocenters. The third-order valence-electron chi connectivity index (χ3n) is 3.54. The van der Waals surface area contributed by atoms with E-state index in [1.54, 1.807) is 0 Å². The largest absolute Gasteiger partial charge is 0.315 e. The molecule has 4 nitrogen and oxygen atoms in total. The van der Waals surface area contributed by atoms with Crippen molar-refractivity contribution < 1.29 is 8.42 Å². The molecule has 1 aromatic heterocycles. The molecular weight excluding hydrogens is 304 g/mol. The first-order valence-electron chi connectivity index (χ1n) is 7.14. The first-order valence-corrected chi connectivity index (χ1v) is 9.44. The Morgan fingerprint density at radius 3 is 2.67 bits per heavy atom. The second-order valence-electron chi connectivity index (χ2n) is 5.25. The van der Waals surface area contributed by atoms with E-state index < -0.39 is 10.0 Å². The van der Waals surface area contributed by atoms with Crippen LogP contribution >= 0.6 is 11.3 Å². The van der Waals surface area contributed by atoms with Crippen LogP contribution in [0.3, 0.4) is 0 Å². The van der Waals surface area contributed by atoms with Crippen molar-refractivity contribution in [2.45, 2.75) is 31.7 Å². The minimum absolute atomic E-state index is 0.331. The second kappa shape index (κ2) is 6.87. The van der Waals surface area contributed by atoms with Crippen LogP contribution in [0.2, 0.25) is 0 Å². The minimum Gasteiger partial charge on any atom is -0.315 e. The Bertz CT molecular complexity index is 708. The first kappa shape index (κ1) is 16.4. The molecule has 0 aliphatic rings. The summed E-state index contributed by atoms with van der Waals surface area (Å²) in [6.07, 6.45) is 0.955. The maximum Gasteiger partial charge on any atom is 0.242 e. The van der Waals surface area contributed by atoms with E-state index >= 15 is 0 Å². The molecule has 0 fully saturated rings. The highest BCUT2D eigenvalue weighted by Gasteiger charge is 2.24. The Morgan fingerprint density at radius 1 is 1.29 bits per heavy atom.